The first kappa shape index (κ1) is 21.3. The summed E-state index contributed by atoms with van der Waals surface area (Å²) >= 11 is 5.87. The number of benzene rings is 3. The number of nitrogens with one attached hydrogen (secondary N) is 1. The fourth-order valence-corrected chi connectivity index (χ4v) is 2.97. The molecule has 0 aliphatic heterocycles. The number of hydrogen-bond acceptors (Lipinski definition) is 4. The van der Waals surface area contributed by atoms with Gasteiger partial charge in [0.15, 0.2) is 12.4 Å². The normalized spacial score (nSPS) is 10.4. The van der Waals surface area contributed by atoms with Crippen molar-refractivity contribution in [1.29, 1.82) is 0 Å². The van der Waals surface area contributed by atoms with Gasteiger partial charge in [0.05, 0.1) is 5.56 Å². The van der Waals surface area contributed by atoms with Gasteiger partial charge in [-0.2, -0.15) is 0 Å². The van der Waals surface area contributed by atoms with Crippen LogP contribution >= 0.6 is 11.6 Å². The van der Waals surface area contributed by atoms with Crippen LogP contribution < -0.4 is 5.32 Å². The van der Waals surface area contributed by atoms with E-state index in [1.807, 2.05) is 26.0 Å². The molecule has 152 valence electrons. The lowest BCUT2D eigenvalue weighted by Gasteiger charge is -2.10. The zero-order valence-electron chi connectivity index (χ0n) is 16.6. The molecular formula is C24H20ClNO4. The predicted molar refractivity (Wildman–Crippen MR) is 116 cm³/mol. The van der Waals surface area contributed by atoms with Crippen molar-refractivity contribution >= 4 is 34.9 Å². The van der Waals surface area contributed by atoms with Gasteiger partial charge in [-0.1, -0.05) is 35.9 Å². The van der Waals surface area contributed by atoms with Crippen LogP contribution in [0.2, 0.25) is 5.02 Å². The van der Waals surface area contributed by atoms with E-state index in [0.717, 1.165) is 11.1 Å². The van der Waals surface area contributed by atoms with Gasteiger partial charge in [0.25, 0.3) is 5.91 Å². The highest BCUT2D eigenvalue weighted by Crippen LogP contribution is 2.18. The minimum Gasteiger partial charge on any atom is -0.452 e. The molecule has 0 saturated heterocycles. The molecule has 1 amide bonds. The van der Waals surface area contributed by atoms with E-state index in [2.05, 4.69) is 5.32 Å². The van der Waals surface area contributed by atoms with Crippen LogP contribution in [0.25, 0.3) is 0 Å². The second kappa shape index (κ2) is 9.37. The van der Waals surface area contributed by atoms with E-state index in [1.54, 1.807) is 48.5 Å². The highest BCUT2D eigenvalue weighted by atomic mass is 35.5. The predicted octanol–water partition coefficient (Wildman–Crippen LogP) is 4.98. The van der Waals surface area contributed by atoms with Gasteiger partial charge < -0.3 is 10.1 Å². The van der Waals surface area contributed by atoms with Crippen LogP contribution in [-0.4, -0.2) is 24.3 Å². The van der Waals surface area contributed by atoms with Gasteiger partial charge in [-0.15, -0.1) is 0 Å². The van der Waals surface area contributed by atoms with Crippen LogP contribution in [0.1, 0.15) is 37.4 Å². The molecule has 0 aliphatic carbocycles. The number of halogens is 1. The monoisotopic (exact) mass is 421 g/mol. The minimum atomic E-state index is -0.747. The average molecular weight is 422 g/mol. The van der Waals surface area contributed by atoms with E-state index in [4.69, 9.17) is 16.3 Å². The molecule has 0 unspecified atom stereocenters. The lowest BCUT2D eigenvalue weighted by Crippen LogP contribution is -2.22. The summed E-state index contributed by atoms with van der Waals surface area (Å²) in [5.74, 6) is -1.55. The molecule has 1 N–H and O–H groups in total. The molecule has 0 bridgehead atoms. The number of hydrogen-bond donors (Lipinski definition) is 1. The SMILES string of the molecule is Cc1ccc(NC(=O)COC(=O)c2ccccc2C(=O)c2ccc(Cl)cc2)cc1C. The Labute approximate surface area is 179 Å². The Balaban J connectivity index is 1.68. The first-order valence-corrected chi connectivity index (χ1v) is 9.66. The summed E-state index contributed by atoms with van der Waals surface area (Å²) in [6, 6.07) is 18.2. The molecule has 30 heavy (non-hydrogen) atoms. The van der Waals surface area contributed by atoms with Crippen molar-refractivity contribution < 1.29 is 19.1 Å². The van der Waals surface area contributed by atoms with Gasteiger partial charge in [0, 0.05) is 21.8 Å². The minimum absolute atomic E-state index is 0.0939. The van der Waals surface area contributed by atoms with Crippen molar-refractivity contribution in [3.8, 4) is 0 Å². The largest absolute Gasteiger partial charge is 0.452 e. The third kappa shape index (κ3) is 5.13. The van der Waals surface area contributed by atoms with E-state index < -0.39 is 18.5 Å². The number of carbonyl (C=O) groups excluding carboxylic acids is 3. The van der Waals surface area contributed by atoms with Crippen molar-refractivity contribution in [2.24, 2.45) is 0 Å². The molecule has 0 saturated carbocycles. The Hall–Kier alpha value is -3.44. The third-order valence-electron chi connectivity index (χ3n) is 4.62. The Morgan fingerprint density at radius 2 is 1.53 bits per heavy atom. The molecule has 0 heterocycles. The Morgan fingerprint density at radius 3 is 2.20 bits per heavy atom. The van der Waals surface area contributed by atoms with Crippen molar-refractivity contribution in [1.82, 2.24) is 0 Å². The molecule has 0 aromatic heterocycles. The molecule has 0 radical (unpaired) electrons. The standard InChI is InChI=1S/C24H20ClNO4/c1-15-7-12-19(13-16(15)2)26-22(27)14-30-24(29)21-6-4-3-5-20(21)23(28)17-8-10-18(25)11-9-17/h3-13H,14H2,1-2H3,(H,26,27). The molecule has 0 aliphatic rings. The van der Waals surface area contributed by atoms with Gasteiger partial charge in [-0.25, -0.2) is 4.79 Å². The summed E-state index contributed by atoms with van der Waals surface area (Å²) in [6.45, 7) is 3.46. The second-order valence-corrected chi connectivity index (χ2v) is 7.24. The van der Waals surface area contributed by atoms with Crippen molar-refractivity contribution in [2.45, 2.75) is 13.8 Å². The maximum absolute atomic E-state index is 12.8. The molecule has 6 heteroatoms. The lowest BCUT2D eigenvalue weighted by molar-refractivity contribution is -0.119. The fraction of sp³-hybridized carbons (Fsp3) is 0.125. The maximum atomic E-state index is 12.8. The summed E-state index contributed by atoms with van der Waals surface area (Å²) in [5.41, 5.74) is 3.46. The van der Waals surface area contributed by atoms with Crippen molar-refractivity contribution in [3.63, 3.8) is 0 Å². The summed E-state index contributed by atoms with van der Waals surface area (Å²) in [4.78, 5) is 37.5. The highest BCUT2D eigenvalue weighted by Gasteiger charge is 2.20. The van der Waals surface area contributed by atoms with Crippen LogP contribution in [0, 0.1) is 13.8 Å². The number of ether oxygens (including phenoxy) is 1. The smallest absolute Gasteiger partial charge is 0.339 e. The van der Waals surface area contributed by atoms with E-state index in [9.17, 15) is 14.4 Å². The summed E-state index contributed by atoms with van der Waals surface area (Å²) in [7, 11) is 0. The highest BCUT2D eigenvalue weighted by molar-refractivity contribution is 6.30. The summed E-state index contributed by atoms with van der Waals surface area (Å²) in [6.07, 6.45) is 0. The first-order chi connectivity index (χ1) is 14.3. The molecule has 0 fully saturated rings. The van der Waals surface area contributed by atoms with Crippen LogP contribution in [-0.2, 0) is 9.53 Å². The van der Waals surface area contributed by atoms with Crippen molar-refractivity contribution in [2.75, 3.05) is 11.9 Å². The molecular weight excluding hydrogens is 402 g/mol. The fourth-order valence-electron chi connectivity index (χ4n) is 2.84. The number of aryl methyl sites for hydroxylation is 2. The Morgan fingerprint density at radius 1 is 0.867 bits per heavy atom. The zero-order chi connectivity index (χ0) is 21.7. The molecule has 0 atom stereocenters. The van der Waals surface area contributed by atoms with Crippen LogP contribution in [0.5, 0.6) is 0 Å². The summed E-state index contributed by atoms with van der Waals surface area (Å²) in [5, 5.41) is 3.20. The first-order valence-electron chi connectivity index (χ1n) is 9.28. The van der Waals surface area contributed by atoms with Gasteiger partial charge >= 0.3 is 5.97 Å². The third-order valence-corrected chi connectivity index (χ3v) is 4.88. The number of anilines is 1. The van der Waals surface area contributed by atoms with Crippen LogP contribution in [0.3, 0.4) is 0 Å². The number of esters is 1. The number of carbonyl (C=O) groups is 3. The van der Waals surface area contributed by atoms with Crippen molar-refractivity contribution in [3.05, 3.63) is 99.6 Å². The Kier molecular flexibility index (Phi) is 6.65. The van der Waals surface area contributed by atoms with Crippen LogP contribution in [0.4, 0.5) is 5.69 Å². The van der Waals surface area contributed by atoms with E-state index in [-0.39, 0.29) is 16.9 Å². The lowest BCUT2D eigenvalue weighted by atomic mass is 9.98. The molecule has 5 nitrogen and oxygen atoms in total. The molecule has 3 rings (SSSR count). The number of amides is 1. The van der Waals surface area contributed by atoms with Gasteiger partial charge in [-0.3, -0.25) is 9.59 Å². The average Bonchev–Trinajstić information content (AvgIpc) is 2.74. The van der Waals surface area contributed by atoms with Gasteiger partial charge in [0.1, 0.15) is 0 Å². The van der Waals surface area contributed by atoms with Crippen LogP contribution in [0.15, 0.2) is 66.7 Å². The quantitative estimate of drug-likeness (QED) is 0.450. The van der Waals surface area contributed by atoms with Gasteiger partial charge in [-0.05, 0) is 67.4 Å². The zero-order valence-corrected chi connectivity index (χ0v) is 17.3. The van der Waals surface area contributed by atoms with E-state index >= 15 is 0 Å². The van der Waals surface area contributed by atoms with E-state index in [0.29, 0.717) is 16.3 Å². The maximum Gasteiger partial charge on any atom is 0.339 e. The van der Waals surface area contributed by atoms with Gasteiger partial charge in [0.2, 0.25) is 0 Å². The second-order valence-electron chi connectivity index (χ2n) is 6.80. The molecule has 0 spiro atoms. The summed E-state index contributed by atoms with van der Waals surface area (Å²) < 4.78 is 5.14. The molecule has 3 aromatic rings. The number of rotatable bonds is 6. The number of ketones is 1. The topological polar surface area (TPSA) is 72.5 Å². The van der Waals surface area contributed by atoms with E-state index in [1.165, 1.54) is 6.07 Å². The Bertz CT molecular complexity index is 1110. The molecule has 3 aromatic carbocycles.